The average Bonchev–Trinajstić information content (AvgIpc) is 3.31. The largest absolute Gasteiger partial charge is 0.694 e. The van der Waals surface area contributed by atoms with Crippen molar-refractivity contribution in [3.05, 3.63) is 23.8 Å². The van der Waals surface area contributed by atoms with Crippen molar-refractivity contribution in [2.75, 3.05) is 19.8 Å². The highest BCUT2D eigenvalue weighted by molar-refractivity contribution is 7.32. The molecule has 1 saturated heterocycles. The number of hydrogen-bond acceptors (Lipinski definition) is 7. The molecular weight excluding hydrogens is 468 g/mol. The maximum atomic E-state index is 12.3. The number of aryl methyl sites for hydroxylation is 1. The molecule has 3 heterocycles. The van der Waals surface area contributed by atoms with Crippen molar-refractivity contribution in [1.82, 2.24) is 19.9 Å². The van der Waals surface area contributed by atoms with Crippen LogP contribution in [0.2, 0.25) is 0 Å². The zero-order valence-corrected chi connectivity index (χ0v) is 18.5. The van der Waals surface area contributed by atoms with Gasteiger partial charge in [-0.3, -0.25) is 4.79 Å². The molecule has 0 saturated carbocycles. The first-order valence-corrected chi connectivity index (χ1v) is 11.0. The van der Waals surface area contributed by atoms with E-state index in [1.165, 1.54) is 6.33 Å². The summed E-state index contributed by atoms with van der Waals surface area (Å²) in [5.41, 5.74) is 1.53. The van der Waals surface area contributed by atoms with Crippen molar-refractivity contribution in [3.63, 3.8) is 0 Å². The summed E-state index contributed by atoms with van der Waals surface area (Å²) in [4.78, 5) is 28.3. The first-order valence-electron chi connectivity index (χ1n) is 9.84. The minimum atomic E-state index is -4.98. The van der Waals surface area contributed by atoms with E-state index in [1.54, 1.807) is 23.0 Å². The fourth-order valence-corrected chi connectivity index (χ4v) is 3.74. The summed E-state index contributed by atoms with van der Waals surface area (Å²) < 4.78 is 66.0. The van der Waals surface area contributed by atoms with Gasteiger partial charge in [0.05, 0.1) is 29.3 Å². The molecule has 0 aromatic carbocycles. The summed E-state index contributed by atoms with van der Waals surface area (Å²) >= 11 is 0. The molecule has 2 N–H and O–H groups in total. The molecule has 2 aromatic rings. The van der Waals surface area contributed by atoms with Crippen molar-refractivity contribution < 1.29 is 41.4 Å². The summed E-state index contributed by atoms with van der Waals surface area (Å²) in [7, 11) is -2.79. The van der Waals surface area contributed by atoms with Gasteiger partial charge in [-0.15, -0.1) is 9.42 Å². The number of hydrogen-bond donors (Lipinski definition) is 2. The highest BCUT2D eigenvalue weighted by atomic mass is 31.1. The highest BCUT2D eigenvalue weighted by Crippen LogP contribution is 2.35. The van der Waals surface area contributed by atoms with E-state index in [2.05, 4.69) is 21.8 Å². The van der Waals surface area contributed by atoms with Crippen molar-refractivity contribution in [2.24, 2.45) is 0 Å². The van der Waals surface area contributed by atoms with Crippen LogP contribution in [-0.2, 0) is 23.4 Å². The number of nitrogens with zero attached hydrogens (tertiary/aromatic N) is 3. The van der Waals surface area contributed by atoms with Crippen LogP contribution < -0.4 is 5.32 Å². The van der Waals surface area contributed by atoms with Crippen molar-refractivity contribution in [2.45, 2.75) is 44.9 Å². The second-order valence-corrected chi connectivity index (χ2v) is 7.72. The lowest BCUT2D eigenvalue weighted by molar-refractivity contribution is -0.173. The average molecular weight is 489 g/mol. The van der Waals surface area contributed by atoms with Gasteiger partial charge in [0.25, 0.3) is 0 Å². The predicted octanol–water partition coefficient (Wildman–Crippen LogP) is 2.13. The van der Waals surface area contributed by atoms with Gasteiger partial charge in [0.15, 0.2) is 0 Å². The number of carbonyl (C=O) groups excluding carboxylic acids is 1. The number of aromatic nitrogens is 3. The van der Waals surface area contributed by atoms with Gasteiger partial charge in [-0.25, -0.2) is 9.97 Å². The van der Waals surface area contributed by atoms with E-state index >= 15 is 0 Å². The van der Waals surface area contributed by atoms with Gasteiger partial charge in [0, 0.05) is 23.8 Å². The van der Waals surface area contributed by atoms with Crippen LogP contribution in [-0.4, -0.2) is 63.5 Å². The third-order valence-electron chi connectivity index (χ3n) is 4.84. The standard InChI is InChI=1S/C19H20F3N4O6P/c1-3-30-13-7-15(32-14(13)9-31-33(28)29)26-8-12(16-11(2)24-10-25-17(16)26)5-4-6-23-18(27)19(20,21)22/h8,10,13-15H,3,6-7,9H2,1-2H3,(H-,23,27,28,29)/p+1/t13?,14-,15-/m1/s1. The smallest absolute Gasteiger partial charge is 0.376 e. The van der Waals surface area contributed by atoms with E-state index in [-0.39, 0.29) is 6.61 Å². The van der Waals surface area contributed by atoms with E-state index in [4.69, 9.17) is 18.9 Å². The van der Waals surface area contributed by atoms with Gasteiger partial charge in [-0.2, -0.15) is 13.2 Å². The predicted molar refractivity (Wildman–Crippen MR) is 108 cm³/mol. The van der Waals surface area contributed by atoms with Gasteiger partial charge < -0.3 is 19.4 Å². The van der Waals surface area contributed by atoms with Crippen LogP contribution in [0.3, 0.4) is 0 Å². The molecule has 10 nitrogen and oxygen atoms in total. The van der Waals surface area contributed by atoms with E-state index in [0.717, 1.165) is 0 Å². The Labute approximate surface area is 187 Å². The molecule has 1 fully saturated rings. The number of fused-ring (bicyclic) bond motifs is 1. The fraction of sp³-hybridized carbons (Fsp3) is 0.526. The SMILES string of the molecule is CCOC1C[C@H](n2cc(C#CCNC(=O)C(F)(F)F)c3c(C)ncnc32)O[C@@H]1CO[P+](=O)O. The van der Waals surface area contributed by atoms with Gasteiger partial charge in [0.2, 0.25) is 0 Å². The third kappa shape index (κ3) is 6.04. The van der Waals surface area contributed by atoms with Gasteiger partial charge in [-0.05, 0) is 13.8 Å². The lowest BCUT2D eigenvalue weighted by Crippen LogP contribution is -2.36. The van der Waals surface area contributed by atoms with Crippen LogP contribution in [0.1, 0.15) is 30.8 Å². The van der Waals surface area contributed by atoms with E-state index < -0.39 is 45.3 Å². The molecule has 14 heteroatoms. The zero-order chi connectivity index (χ0) is 24.2. The van der Waals surface area contributed by atoms with Gasteiger partial charge >= 0.3 is 20.3 Å². The number of alkyl halides is 3. The summed E-state index contributed by atoms with van der Waals surface area (Å²) in [6.45, 7) is 3.30. The first-order chi connectivity index (χ1) is 15.6. The van der Waals surface area contributed by atoms with Crippen LogP contribution in [0.4, 0.5) is 13.2 Å². The number of rotatable bonds is 7. The molecule has 0 spiro atoms. The van der Waals surface area contributed by atoms with Crippen molar-refractivity contribution >= 4 is 25.2 Å². The number of halogens is 3. The summed E-state index contributed by atoms with van der Waals surface area (Å²) in [5.74, 6) is 3.18. The quantitative estimate of drug-likeness (QED) is 0.448. The van der Waals surface area contributed by atoms with Gasteiger partial charge in [0.1, 0.15) is 30.9 Å². The minimum absolute atomic E-state index is 0.147. The van der Waals surface area contributed by atoms with Crippen molar-refractivity contribution in [1.29, 1.82) is 0 Å². The highest BCUT2D eigenvalue weighted by Gasteiger charge is 2.40. The second kappa shape index (κ2) is 10.5. The lowest BCUT2D eigenvalue weighted by Gasteiger charge is -2.15. The summed E-state index contributed by atoms with van der Waals surface area (Å²) in [6.07, 6.45) is -3.16. The molecule has 1 amide bonds. The Hall–Kier alpha value is -2.62. The fourth-order valence-electron chi connectivity index (χ4n) is 3.46. The normalized spacial score (nSPS) is 21.0. The molecule has 0 radical (unpaired) electrons. The van der Waals surface area contributed by atoms with E-state index in [9.17, 15) is 22.5 Å². The Bertz CT molecular complexity index is 1100. The Balaban J connectivity index is 1.86. The number of amides is 1. The van der Waals surface area contributed by atoms with Crippen LogP contribution in [0, 0.1) is 18.8 Å². The zero-order valence-electron chi connectivity index (χ0n) is 17.6. The number of carbonyl (C=O) groups is 1. The minimum Gasteiger partial charge on any atom is -0.376 e. The molecule has 1 aliphatic heterocycles. The molecule has 178 valence electrons. The monoisotopic (exact) mass is 489 g/mol. The molecule has 3 rings (SSSR count). The summed E-state index contributed by atoms with van der Waals surface area (Å²) in [5, 5.41) is 2.28. The Kier molecular flexibility index (Phi) is 7.99. The second-order valence-electron chi connectivity index (χ2n) is 6.98. The first kappa shape index (κ1) is 25.0. The van der Waals surface area contributed by atoms with Crippen LogP contribution >= 0.6 is 8.25 Å². The topological polar surface area (TPSA) is 125 Å². The lowest BCUT2D eigenvalue weighted by atomic mass is 10.2. The third-order valence-corrected chi connectivity index (χ3v) is 5.21. The van der Waals surface area contributed by atoms with Crippen LogP contribution in [0.5, 0.6) is 0 Å². The Morgan fingerprint density at radius 2 is 2.21 bits per heavy atom. The van der Waals surface area contributed by atoms with Crippen LogP contribution in [0.25, 0.3) is 11.0 Å². The maximum absolute atomic E-state index is 12.3. The molecule has 2 aromatic heterocycles. The van der Waals surface area contributed by atoms with Crippen molar-refractivity contribution in [3.8, 4) is 11.8 Å². The molecule has 4 atom stereocenters. The molecule has 0 aliphatic carbocycles. The molecule has 2 unspecified atom stereocenters. The molecule has 0 bridgehead atoms. The number of nitrogens with one attached hydrogen (secondary N) is 1. The Morgan fingerprint density at radius 1 is 1.45 bits per heavy atom. The Morgan fingerprint density at radius 3 is 2.88 bits per heavy atom. The number of ether oxygens (including phenoxy) is 2. The van der Waals surface area contributed by atoms with E-state index in [1.807, 2.05) is 6.92 Å². The molecule has 1 aliphatic rings. The maximum Gasteiger partial charge on any atom is 0.694 e. The summed E-state index contributed by atoms with van der Waals surface area (Å²) in [6, 6.07) is 0. The molecule has 33 heavy (non-hydrogen) atoms. The van der Waals surface area contributed by atoms with E-state index in [0.29, 0.717) is 35.3 Å². The molecular formula is C19H21F3N4O6P+. The van der Waals surface area contributed by atoms with Crippen LogP contribution in [0.15, 0.2) is 12.5 Å². The van der Waals surface area contributed by atoms with Gasteiger partial charge in [-0.1, -0.05) is 11.8 Å².